The number of rotatable bonds is 6. The molecule has 1 unspecified atom stereocenters. The van der Waals surface area contributed by atoms with E-state index in [1.165, 1.54) is 64.5 Å². The van der Waals surface area contributed by atoms with Crippen molar-refractivity contribution in [3.05, 3.63) is 24.3 Å². The first-order valence-corrected chi connectivity index (χ1v) is 11.0. The van der Waals surface area contributed by atoms with Crippen molar-refractivity contribution in [3.8, 4) is 5.75 Å². The maximum absolute atomic E-state index is 6.04. The number of hydrogen-bond acceptors (Lipinski definition) is 3. The molecule has 2 fully saturated rings. The van der Waals surface area contributed by atoms with E-state index in [9.17, 15) is 0 Å². The smallest absolute Gasteiger partial charge is 0.257 e. The van der Waals surface area contributed by atoms with Gasteiger partial charge in [-0.2, -0.15) is 0 Å². The zero-order chi connectivity index (χ0) is 18.5. The van der Waals surface area contributed by atoms with Crippen LogP contribution in [0.15, 0.2) is 24.3 Å². The Morgan fingerprint density at radius 2 is 1.74 bits per heavy atom. The molecule has 1 aliphatic carbocycles. The molecule has 2 aliphatic heterocycles. The molecule has 148 valence electrons. The molecule has 1 spiro atoms. The molecule has 0 aromatic heterocycles. The summed E-state index contributed by atoms with van der Waals surface area (Å²) in [5, 5.41) is 0. The molecule has 0 N–H and O–H groups in total. The second-order valence-electron chi connectivity index (χ2n) is 8.92. The average Bonchev–Trinajstić information content (AvgIpc) is 3.11. The summed E-state index contributed by atoms with van der Waals surface area (Å²) in [6.45, 7) is 7.57. The second kappa shape index (κ2) is 8.64. The second-order valence-corrected chi connectivity index (χ2v) is 8.92. The molecule has 27 heavy (non-hydrogen) atoms. The van der Waals surface area contributed by atoms with Crippen LogP contribution < -0.4 is 4.74 Å². The van der Waals surface area contributed by atoms with Crippen molar-refractivity contribution >= 4 is 11.9 Å². The van der Waals surface area contributed by atoms with Gasteiger partial charge in [-0.1, -0.05) is 32.6 Å². The van der Waals surface area contributed by atoms with E-state index in [2.05, 4.69) is 42.3 Å². The summed E-state index contributed by atoms with van der Waals surface area (Å²) in [5.74, 6) is 1.51. The van der Waals surface area contributed by atoms with E-state index in [1.54, 1.807) is 0 Å². The van der Waals surface area contributed by atoms with Crippen LogP contribution in [0.2, 0.25) is 0 Å². The number of likely N-dealkylation sites (tertiary alicyclic amines) is 1. The molecular weight excluding hydrogens is 336 g/mol. The van der Waals surface area contributed by atoms with Gasteiger partial charge in [-0.3, -0.25) is 4.84 Å². The molecule has 3 aliphatic rings. The third kappa shape index (κ3) is 4.84. The van der Waals surface area contributed by atoms with Gasteiger partial charge >= 0.3 is 0 Å². The molecule has 0 radical (unpaired) electrons. The minimum absolute atomic E-state index is 0.275. The molecule has 4 heteroatoms. The van der Waals surface area contributed by atoms with E-state index >= 15 is 0 Å². The zero-order valence-electron chi connectivity index (χ0n) is 16.9. The van der Waals surface area contributed by atoms with Crippen LogP contribution in [0.4, 0.5) is 5.69 Å². The van der Waals surface area contributed by atoms with E-state index in [0.29, 0.717) is 5.92 Å². The Morgan fingerprint density at radius 1 is 1.04 bits per heavy atom. The highest BCUT2D eigenvalue weighted by molar-refractivity contribution is 5.63. The molecule has 1 aromatic carbocycles. The first-order chi connectivity index (χ1) is 13.2. The Labute approximate surface area is 164 Å². The van der Waals surface area contributed by atoms with Gasteiger partial charge in [0.1, 0.15) is 5.75 Å². The van der Waals surface area contributed by atoms with Crippen LogP contribution in [0.3, 0.4) is 0 Å². The van der Waals surface area contributed by atoms with Crippen molar-refractivity contribution < 1.29 is 14.3 Å². The number of nitrogens with zero attached hydrogens (tertiary/aromatic N) is 2. The lowest BCUT2D eigenvalue weighted by Crippen LogP contribution is -2.35. The van der Waals surface area contributed by atoms with Gasteiger partial charge in [0, 0.05) is 29.3 Å². The number of ether oxygens (including phenoxy) is 1. The molecule has 1 saturated heterocycles. The van der Waals surface area contributed by atoms with Crippen LogP contribution in [-0.2, 0) is 4.84 Å². The lowest BCUT2D eigenvalue weighted by atomic mass is 9.76. The van der Waals surface area contributed by atoms with Crippen LogP contribution in [0.1, 0.15) is 58.3 Å². The van der Waals surface area contributed by atoms with Crippen LogP contribution in [-0.4, -0.2) is 48.7 Å². The zero-order valence-corrected chi connectivity index (χ0v) is 16.9. The summed E-state index contributed by atoms with van der Waals surface area (Å²) >= 11 is 0. The summed E-state index contributed by atoms with van der Waals surface area (Å²) in [4.78, 5) is 8.57. The topological polar surface area (TPSA) is 24.7 Å². The fraction of sp³-hybridized carbons (Fsp3) is 0.696. The summed E-state index contributed by atoms with van der Waals surface area (Å²) in [7, 11) is 0. The van der Waals surface area contributed by atoms with Gasteiger partial charge in [0.15, 0.2) is 6.61 Å². The van der Waals surface area contributed by atoms with Gasteiger partial charge in [-0.25, -0.2) is 0 Å². The highest BCUT2D eigenvalue weighted by Gasteiger charge is 2.42. The first kappa shape index (κ1) is 18.8. The first-order valence-electron chi connectivity index (χ1n) is 11.0. The minimum Gasteiger partial charge on any atom is -0.493 e. The summed E-state index contributed by atoms with van der Waals surface area (Å²) in [5.41, 5.74) is 1.38. The van der Waals surface area contributed by atoms with Crippen molar-refractivity contribution in [2.75, 3.05) is 32.8 Å². The Bertz CT molecular complexity index is 628. The Balaban J connectivity index is 1.28. The van der Waals surface area contributed by atoms with Gasteiger partial charge < -0.3 is 9.64 Å². The van der Waals surface area contributed by atoms with Gasteiger partial charge in [-0.05, 0) is 50.9 Å². The highest BCUT2D eigenvalue weighted by Crippen LogP contribution is 2.38. The summed E-state index contributed by atoms with van der Waals surface area (Å²) in [6.07, 6.45) is 13.0. The van der Waals surface area contributed by atoms with Crippen LogP contribution in [0, 0.1) is 11.3 Å². The van der Waals surface area contributed by atoms with Crippen LogP contribution >= 0.6 is 0 Å². The average molecular weight is 372 g/mol. The number of piperidine rings is 1. The number of benzene rings is 1. The van der Waals surface area contributed by atoms with E-state index < -0.39 is 0 Å². The van der Waals surface area contributed by atoms with Gasteiger partial charge in [0.25, 0.3) is 5.69 Å². The molecule has 0 bridgehead atoms. The molecule has 1 saturated carbocycles. The maximum Gasteiger partial charge on any atom is 0.257 e. The Morgan fingerprint density at radius 3 is 2.48 bits per heavy atom. The summed E-state index contributed by atoms with van der Waals surface area (Å²) in [6, 6.07) is 8.38. The van der Waals surface area contributed by atoms with Gasteiger partial charge in [-0.15, -0.1) is 0 Å². The van der Waals surface area contributed by atoms with E-state index in [4.69, 9.17) is 9.57 Å². The molecular formula is C23H35N2O2+. The van der Waals surface area contributed by atoms with Gasteiger partial charge in [0.05, 0.1) is 12.0 Å². The minimum atomic E-state index is 0.275. The third-order valence-electron chi connectivity index (χ3n) is 6.38. The molecule has 4 rings (SSSR count). The lowest BCUT2D eigenvalue weighted by Gasteiger charge is -2.29. The number of hydrogen-bond donors (Lipinski definition) is 0. The Kier molecular flexibility index (Phi) is 6.01. The highest BCUT2D eigenvalue weighted by atomic mass is 16.7. The van der Waals surface area contributed by atoms with E-state index in [0.717, 1.165) is 31.2 Å². The predicted molar refractivity (Wildman–Crippen MR) is 109 cm³/mol. The fourth-order valence-electron chi connectivity index (χ4n) is 4.76. The standard InChI is InChI=1S/C23H35N2O2/c1-20(16-24-14-6-3-7-15-24)17-26-22-10-8-21(9-11-22)25-18-23(19-27-25)12-4-2-5-13-23/h8-11,18,20H,2-7,12-17,19H2,1H3/q+1. The largest absolute Gasteiger partial charge is 0.493 e. The fourth-order valence-corrected chi connectivity index (χ4v) is 4.76. The van der Waals surface area contributed by atoms with Crippen molar-refractivity contribution in [2.24, 2.45) is 11.3 Å². The Hall–Kier alpha value is -1.55. The molecule has 1 aromatic rings. The maximum atomic E-state index is 6.04. The van der Waals surface area contributed by atoms with Crippen LogP contribution in [0.25, 0.3) is 0 Å². The summed E-state index contributed by atoms with van der Waals surface area (Å²) < 4.78 is 8.02. The normalized spacial score (nSPS) is 23.7. The van der Waals surface area contributed by atoms with E-state index in [-0.39, 0.29) is 5.41 Å². The molecule has 1 atom stereocenters. The van der Waals surface area contributed by atoms with Gasteiger partial charge in [0.2, 0.25) is 6.21 Å². The van der Waals surface area contributed by atoms with Crippen molar-refractivity contribution in [1.29, 1.82) is 0 Å². The van der Waals surface area contributed by atoms with Crippen LogP contribution in [0.5, 0.6) is 5.75 Å². The van der Waals surface area contributed by atoms with Crippen molar-refractivity contribution in [3.63, 3.8) is 0 Å². The quantitative estimate of drug-likeness (QED) is 0.672. The third-order valence-corrected chi connectivity index (χ3v) is 6.38. The molecule has 2 heterocycles. The van der Waals surface area contributed by atoms with E-state index in [1.807, 2.05) is 4.74 Å². The lowest BCUT2D eigenvalue weighted by molar-refractivity contribution is -0.715. The molecule has 0 amide bonds. The monoisotopic (exact) mass is 371 g/mol. The van der Waals surface area contributed by atoms with Crippen molar-refractivity contribution in [2.45, 2.75) is 58.3 Å². The predicted octanol–water partition coefficient (Wildman–Crippen LogP) is 4.80. The SMILES string of the molecule is CC(COc1ccc([N+]2=CC3(CCCCC3)CO2)cc1)CN1CCCCC1. The van der Waals surface area contributed by atoms with Crippen molar-refractivity contribution in [1.82, 2.24) is 4.90 Å². The molecule has 4 nitrogen and oxygen atoms in total.